The van der Waals surface area contributed by atoms with Gasteiger partial charge in [0.2, 0.25) is 5.91 Å². The van der Waals surface area contributed by atoms with Gasteiger partial charge < -0.3 is 20.1 Å². The number of urea groups is 1. The van der Waals surface area contributed by atoms with Crippen LogP contribution in [0.1, 0.15) is 56.9 Å². The summed E-state index contributed by atoms with van der Waals surface area (Å²) < 4.78 is 10.8. The molecule has 1 aromatic rings. The van der Waals surface area contributed by atoms with Crippen LogP contribution in [0.5, 0.6) is 5.75 Å². The third kappa shape index (κ3) is 4.90. The first kappa shape index (κ1) is 22.6. The van der Waals surface area contributed by atoms with Crippen LogP contribution in [-0.2, 0) is 19.7 Å². The highest BCUT2D eigenvalue weighted by molar-refractivity contribution is 6.04. The van der Waals surface area contributed by atoms with E-state index in [4.69, 9.17) is 9.47 Å². The van der Waals surface area contributed by atoms with Crippen molar-refractivity contribution in [2.45, 2.75) is 68.9 Å². The molecule has 174 valence electrons. The summed E-state index contributed by atoms with van der Waals surface area (Å²) in [4.78, 5) is 39.4. The topological polar surface area (TPSA) is 97.0 Å². The maximum Gasteiger partial charge on any atom is 0.324 e. The Labute approximate surface area is 189 Å². The molecular weight excluding hydrogens is 410 g/mol. The molecule has 8 nitrogen and oxygen atoms in total. The number of ether oxygens (including phenoxy) is 2. The zero-order valence-electron chi connectivity index (χ0n) is 18.7. The monoisotopic (exact) mass is 443 g/mol. The van der Waals surface area contributed by atoms with Gasteiger partial charge in [-0.1, -0.05) is 25.0 Å². The minimum atomic E-state index is -0.649. The number of hydrogen-bond acceptors (Lipinski definition) is 5. The summed E-state index contributed by atoms with van der Waals surface area (Å²) in [5.41, 5.74) is 0.716. The van der Waals surface area contributed by atoms with Gasteiger partial charge >= 0.3 is 6.03 Å². The molecule has 32 heavy (non-hydrogen) atoms. The van der Waals surface area contributed by atoms with E-state index in [1.807, 2.05) is 24.3 Å². The quantitative estimate of drug-likeness (QED) is 0.602. The van der Waals surface area contributed by atoms with Crippen molar-refractivity contribution < 1.29 is 23.9 Å². The predicted octanol–water partition coefficient (Wildman–Crippen LogP) is 2.50. The third-order valence-electron chi connectivity index (χ3n) is 7.10. The van der Waals surface area contributed by atoms with Crippen molar-refractivity contribution in [1.29, 1.82) is 0 Å². The van der Waals surface area contributed by atoms with Gasteiger partial charge in [-0.25, -0.2) is 4.79 Å². The number of hydrogen-bond donors (Lipinski definition) is 2. The lowest BCUT2D eigenvalue weighted by atomic mass is 9.73. The highest BCUT2D eigenvalue weighted by Crippen LogP contribution is 2.37. The van der Waals surface area contributed by atoms with Crippen molar-refractivity contribution in [2.75, 3.05) is 26.9 Å². The van der Waals surface area contributed by atoms with Crippen LogP contribution in [0.25, 0.3) is 0 Å². The highest BCUT2D eigenvalue weighted by Gasteiger charge is 2.44. The average Bonchev–Trinajstić information content (AvgIpc) is 3.42. The smallest absolute Gasteiger partial charge is 0.324 e. The number of carbonyl (C=O) groups excluding carboxylic acids is 3. The van der Waals surface area contributed by atoms with Gasteiger partial charge in [-0.05, 0) is 49.8 Å². The van der Waals surface area contributed by atoms with Crippen molar-refractivity contribution in [3.05, 3.63) is 29.8 Å². The van der Waals surface area contributed by atoms with Gasteiger partial charge in [-0.3, -0.25) is 14.5 Å². The van der Waals surface area contributed by atoms with Gasteiger partial charge in [0.25, 0.3) is 5.91 Å². The maximum atomic E-state index is 13.1. The zero-order chi connectivity index (χ0) is 22.6. The molecule has 0 bridgehead atoms. The van der Waals surface area contributed by atoms with Crippen LogP contribution in [0.3, 0.4) is 0 Å². The molecule has 0 spiro atoms. The van der Waals surface area contributed by atoms with Crippen LogP contribution in [0.4, 0.5) is 4.79 Å². The summed E-state index contributed by atoms with van der Waals surface area (Å²) in [6.07, 6.45) is 6.36. The molecule has 1 atom stereocenters. The molecule has 2 aliphatic heterocycles. The molecular formula is C24H33N3O5. The normalized spacial score (nSPS) is 23.3. The number of carbonyl (C=O) groups is 3. The van der Waals surface area contributed by atoms with E-state index in [2.05, 4.69) is 10.6 Å². The first-order chi connectivity index (χ1) is 15.5. The lowest BCUT2D eigenvalue weighted by Crippen LogP contribution is -2.47. The minimum absolute atomic E-state index is 0.0449. The largest absolute Gasteiger partial charge is 0.497 e. The van der Waals surface area contributed by atoms with Crippen LogP contribution in [-0.4, -0.2) is 61.7 Å². The Bertz CT molecular complexity index is 829. The van der Waals surface area contributed by atoms with Gasteiger partial charge in [0.1, 0.15) is 11.8 Å². The van der Waals surface area contributed by atoms with Gasteiger partial charge in [-0.2, -0.15) is 0 Å². The van der Waals surface area contributed by atoms with E-state index in [9.17, 15) is 14.4 Å². The number of nitrogens with zero attached hydrogens (tertiary/aromatic N) is 1. The number of imide groups is 1. The Morgan fingerprint density at radius 2 is 1.88 bits per heavy atom. The lowest BCUT2D eigenvalue weighted by molar-refractivity contribution is -0.129. The fourth-order valence-electron chi connectivity index (χ4n) is 5.12. The molecule has 4 rings (SSSR count). The molecule has 1 aliphatic carbocycles. The summed E-state index contributed by atoms with van der Waals surface area (Å²) in [6.45, 7) is 1.47. The Kier molecular flexibility index (Phi) is 6.98. The standard InChI is InChI=1S/C24H33N3O5/c1-31-19-8-6-17(7-9-19)24(12-14-32-15-13-24)16-27-22(29)20(26-23(27)30)10-11-21(28)25-18-4-2-3-5-18/h6-9,18,20H,2-5,10-16H2,1H3,(H,25,28)(H,26,30). The second-order valence-electron chi connectivity index (χ2n) is 9.14. The summed E-state index contributed by atoms with van der Waals surface area (Å²) >= 11 is 0. The first-order valence-electron chi connectivity index (χ1n) is 11.6. The van der Waals surface area contributed by atoms with Crippen molar-refractivity contribution in [1.82, 2.24) is 15.5 Å². The van der Waals surface area contributed by atoms with E-state index in [0.29, 0.717) is 26.2 Å². The molecule has 2 N–H and O–H groups in total. The SMILES string of the molecule is COc1ccc(C2(CN3C(=O)NC(CCC(=O)NC4CCCC4)C3=O)CCOCC2)cc1. The zero-order valence-corrected chi connectivity index (χ0v) is 18.7. The number of methoxy groups -OCH3 is 1. The summed E-state index contributed by atoms with van der Waals surface area (Å²) in [5, 5.41) is 5.83. The van der Waals surface area contributed by atoms with Crippen LogP contribution in [0.2, 0.25) is 0 Å². The Hall–Kier alpha value is -2.61. The molecule has 3 fully saturated rings. The molecule has 4 amide bonds. The van der Waals surface area contributed by atoms with Crippen LogP contribution >= 0.6 is 0 Å². The van der Waals surface area contributed by atoms with Gasteiger partial charge in [-0.15, -0.1) is 0 Å². The molecule has 1 unspecified atom stereocenters. The van der Waals surface area contributed by atoms with E-state index >= 15 is 0 Å². The molecule has 2 heterocycles. The summed E-state index contributed by atoms with van der Waals surface area (Å²) in [7, 11) is 1.63. The van der Waals surface area contributed by atoms with Crippen molar-refractivity contribution in [3.63, 3.8) is 0 Å². The van der Waals surface area contributed by atoms with Gasteiger partial charge in [0.05, 0.1) is 7.11 Å². The molecule has 2 saturated heterocycles. The number of rotatable bonds is 8. The van der Waals surface area contributed by atoms with E-state index in [1.165, 1.54) is 4.90 Å². The third-order valence-corrected chi connectivity index (χ3v) is 7.10. The molecule has 1 saturated carbocycles. The first-order valence-corrected chi connectivity index (χ1v) is 11.6. The Balaban J connectivity index is 1.40. The van der Waals surface area contributed by atoms with E-state index < -0.39 is 6.04 Å². The summed E-state index contributed by atoms with van der Waals surface area (Å²) in [6, 6.07) is 7.06. The lowest BCUT2D eigenvalue weighted by Gasteiger charge is -2.39. The van der Waals surface area contributed by atoms with Gasteiger partial charge in [0.15, 0.2) is 0 Å². The molecule has 0 radical (unpaired) electrons. The Morgan fingerprint density at radius 3 is 2.53 bits per heavy atom. The van der Waals surface area contributed by atoms with Gasteiger partial charge in [0, 0.05) is 37.6 Å². The second kappa shape index (κ2) is 9.90. The van der Waals surface area contributed by atoms with E-state index in [0.717, 1.165) is 49.8 Å². The van der Waals surface area contributed by atoms with Crippen LogP contribution < -0.4 is 15.4 Å². The number of nitrogens with one attached hydrogen (secondary N) is 2. The predicted molar refractivity (Wildman–Crippen MR) is 118 cm³/mol. The van der Waals surface area contributed by atoms with Crippen LogP contribution in [0.15, 0.2) is 24.3 Å². The van der Waals surface area contributed by atoms with Crippen molar-refractivity contribution >= 4 is 17.8 Å². The number of amides is 4. The van der Waals surface area contributed by atoms with Crippen molar-refractivity contribution in [3.8, 4) is 5.75 Å². The van der Waals surface area contributed by atoms with E-state index in [1.54, 1.807) is 7.11 Å². The van der Waals surface area contributed by atoms with Crippen molar-refractivity contribution in [2.24, 2.45) is 0 Å². The fraction of sp³-hybridized carbons (Fsp3) is 0.625. The summed E-state index contributed by atoms with van der Waals surface area (Å²) in [5.74, 6) is 0.474. The molecule has 8 heteroatoms. The molecule has 3 aliphatic rings. The number of benzene rings is 1. The Morgan fingerprint density at radius 1 is 1.19 bits per heavy atom. The molecule has 0 aromatic heterocycles. The second-order valence-corrected chi connectivity index (χ2v) is 9.14. The fourth-order valence-corrected chi connectivity index (χ4v) is 5.12. The minimum Gasteiger partial charge on any atom is -0.497 e. The van der Waals surface area contributed by atoms with E-state index in [-0.39, 0.29) is 35.7 Å². The highest BCUT2D eigenvalue weighted by atomic mass is 16.5. The maximum absolute atomic E-state index is 13.1. The molecule has 1 aromatic carbocycles. The van der Waals surface area contributed by atoms with Crippen LogP contribution in [0, 0.1) is 0 Å². The average molecular weight is 444 g/mol.